The number of carbonyl (C=O) groups excluding carboxylic acids is 2. The Morgan fingerprint density at radius 1 is 1.06 bits per heavy atom. The highest BCUT2D eigenvalue weighted by molar-refractivity contribution is 9.10. The lowest BCUT2D eigenvalue weighted by Gasteiger charge is -2.13. The van der Waals surface area contributed by atoms with Gasteiger partial charge in [-0.3, -0.25) is 4.79 Å². The number of amides is 1. The van der Waals surface area contributed by atoms with E-state index in [0.29, 0.717) is 22.1 Å². The van der Waals surface area contributed by atoms with Crippen LogP contribution < -0.4 is 14.9 Å². The number of nitrogens with zero attached hydrogens (tertiary/aromatic N) is 1. The highest BCUT2D eigenvalue weighted by Gasteiger charge is 2.14. The maximum atomic E-state index is 12.3. The van der Waals surface area contributed by atoms with Crippen LogP contribution in [0.5, 0.6) is 11.5 Å². The van der Waals surface area contributed by atoms with Gasteiger partial charge in [0.2, 0.25) is 0 Å². The van der Waals surface area contributed by atoms with Crippen molar-refractivity contribution in [1.82, 2.24) is 5.43 Å². The number of rotatable bonds is 8. The van der Waals surface area contributed by atoms with Crippen LogP contribution in [-0.4, -0.2) is 24.2 Å². The van der Waals surface area contributed by atoms with E-state index >= 15 is 0 Å². The number of carbonyl (C=O) groups is 2. The summed E-state index contributed by atoms with van der Waals surface area (Å²) in [6.45, 7) is 1.60. The van der Waals surface area contributed by atoms with Crippen LogP contribution in [0, 0.1) is 0 Å². The standard InChI is InChI=1S/C25H20BrClN2O4/c1-17(32-22-11-9-21(27)10-12-22)25(31)29-28-16-19-15-20(26)8-13-23(19)33-24(30)14-7-18-5-3-2-4-6-18/h2-17H,1H3,(H,29,31)/b14-7+,28-16+. The Morgan fingerprint density at radius 3 is 2.52 bits per heavy atom. The number of hydrogen-bond acceptors (Lipinski definition) is 5. The summed E-state index contributed by atoms with van der Waals surface area (Å²) in [5, 5.41) is 4.54. The third kappa shape index (κ3) is 7.89. The molecule has 6 nitrogen and oxygen atoms in total. The van der Waals surface area contributed by atoms with Gasteiger partial charge in [0.25, 0.3) is 5.91 Å². The van der Waals surface area contributed by atoms with Gasteiger partial charge in [-0.05, 0) is 61.0 Å². The van der Waals surface area contributed by atoms with Crippen molar-refractivity contribution in [3.63, 3.8) is 0 Å². The number of esters is 1. The maximum Gasteiger partial charge on any atom is 0.336 e. The van der Waals surface area contributed by atoms with Crippen LogP contribution in [0.2, 0.25) is 5.02 Å². The molecule has 0 spiro atoms. The second-order valence-corrected chi connectivity index (χ2v) is 8.15. The van der Waals surface area contributed by atoms with Crippen molar-refractivity contribution in [3.8, 4) is 11.5 Å². The summed E-state index contributed by atoms with van der Waals surface area (Å²) in [5.74, 6) is -0.175. The highest BCUT2D eigenvalue weighted by Crippen LogP contribution is 2.22. The van der Waals surface area contributed by atoms with E-state index in [1.54, 1.807) is 55.5 Å². The number of halogens is 2. The molecule has 0 aliphatic rings. The molecule has 0 aliphatic heterocycles. The second-order valence-electron chi connectivity index (χ2n) is 6.80. The summed E-state index contributed by atoms with van der Waals surface area (Å²) in [7, 11) is 0. The van der Waals surface area contributed by atoms with Crippen molar-refractivity contribution in [2.45, 2.75) is 13.0 Å². The molecule has 8 heteroatoms. The lowest BCUT2D eigenvalue weighted by Crippen LogP contribution is -2.33. The molecular weight excluding hydrogens is 508 g/mol. The zero-order valence-electron chi connectivity index (χ0n) is 17.6. The van der Waals surface area contributed by atoms with Gasteiger partial charge in [-0.2, -0.15) is 5.10 Å². The van der Waals surface area contributed by atoms with Crippen molar-refractivity contribution >= 4 is 51.7 Å². The molecule has 1 atom stereocenters. The number of hydrazone groups is 1. The smallest absolute Gasteiger partial charge is 0.336 e. The molecule has 1 N–H and O–H groups in total. The normalized spacial score (nSPS) is 12.0. The molecule has 0 heterocycles. The first kappa shape index (κ1) is 24.2. The van der Waals surface area contributed by atoms with E-state index in [1.165, 1.54) is 12.3 Å². The van der Waals surface area contributed by atoms with E-state index in [1.807, 2.05) is 30.3 Å². The summed E-state index contributed by atoms with van der Waals surface area (Å²) >= 11 is 9.22. The Kier molecular flexibility index (Phi) is 8.80. The first-order valence-electron chi connectivity index (χ1n) is 9.90. The molecular formula is C25H20BrClN2O4. The lowest BCUT2D eigenvalue weighted by molar-refractivity contribution is -0.129. The van der Waals surface area contributed by atoms with Crippen LogP contribution in [0.15, 0.2) is 88.4 Å². The van der Waals surface area contributed by atoms with E-state index in [9.17, 15) is 9.59 Å². The quantitative estimate of drug-likeness (QED) is 0.135. The van der Waals surface area contributed by atoms with Crippen LogP contribution in [-0.2, 0) is 9.59 Å². The Morgan fingerprint density at radius 2 is 1.79 bits per heavy atom. The molecule has 0 fully saturated rings. The van der Waals surface area contributed by atoms with Crippen molar-refractivity contribution in [3.05, 3.63) is 99.5 Å². The fourth-order valence-corrected chi connectivity index (χ4v) is 3.12. The number of hydrogen-bond donors (Lipinski definition) is 1. The zero-order valence-corrected chi connectivity index (χ0v) is 19.9. The van der Waals surface area contributed by atoms with Gasteiger partial charge in [-0.15, -0.1) is 0 Å². The van der Waals surface area contributed by atoms with Crippen LogP contribution in [0.1, 0.15) is 18.1 Å². The van der Waals surface area contributed by atoms with Crippen LogP contribution in [0.25, 0.3) is 6.08 Å². The molecule has 0 radical (unpaired) electrons. The molecule has 1 unspecified atom stereocenters. The molecule has 0 saturated heterocycles. The number of benzene rings is 3. The minimum Gasteiger partial charge on any atom is -0.481 e. The summed E-state index contributed by atoms with van der Waals surface area (Å²) in [5.41, 5.74) is 3.80. The molecule has 3 rings (SSSR count). The monoisotopic (exact) mass is 526 g/mol. The third-order valence-electron chi connectivity index (χ3n) is 4.27. The Labute approximate surface area is 205 Å². The van der Waals surface area contributed by atoms with Crippen molar-refractivity contribution < 1.29 is 19.1 Å². The van der Waals surface area contributed by atoms with Gasteiger partial charge in [0.05, 0.1) is 6.21 Å². The van der Waals surface area contributed by atoms with Crippen molar-refractivity contribution in [2.75, 3.05) is 0 Å². The van der Waals surface area contributed by atoms with Gasteiger partial charge in [-0.25, -0.2) is 10.2 Å². The average Bonchev–Trinajstić information content (AvgIpc) is 2.81. The van der Waals surface area contributed by atoms with E-state index in [4.69, 9.17) is 21.1 Å². The molecule has 3 aromatic rings. The molecule has 0 aromatic heterocycles. The molecule has 0 aliphatic carbocycles. The zero-order chi connectivity index (χ0) is 23.6. The molecule has 33 heavy (non-hydrogen) atoms. The SMILES string of the molecule is CC(Oc1ccc(Cl)cc1)C(=O)N/N=C/c1cc(Br)ccc1OC(=O)/C=C/c1ccccc1. The Bertz CT molecular complexity index is 1160. The summed E-state index contributed by atoms with van der Waals surface area (Å²) in [6, 6.07) is 21.2. The van der Waals surface area contributed by atoms with Crippen LogP contribution in [0.4, 0.5) is 0 Å². The van der Waals surface area contributed by atoms with Crippen LogP contribution in [0.3, 0.4) is 0 Å². The Balaban J connectivity index is 1.61. The summed E-state index contributed by atoms with van der Waals surface area (Å²) in [6.07, 6.45) is 3.61. The average molecular weight is 528 g/mol. The van der Waals surface area contributed by atoms with Gasteiger partial charge in [0.1, 0.15) is 11.5 Å². The van der Waals surface area contributed by atoms with Crippen molar-refractivity contribution in [2.24, 2.45) is 5.10 Å². The summed E-state index contributed by atoms with van der Waals surface area (Å²) in [4.78, 5) is 24.5. The van der Waals surface area contributed by atoms with Gasteiger partial charge in [-0.1, -0.05) is 57.9 Å². The van der Waals surface area contributed by atoms with Gasteiger partial charge in [0, 0.05) is 21.1 Å². The summed E-state index contributed by atoms with van der Waals surface area (Å²) < 4.78 is 11.8. The Hall–Kier alpha value is -3.42. The van der Waals surface area contributed by atoms with Gasteiger partial charge >= 0.3 is 5.97 Å². The predicted octanol–water partition coefficient (Wildman–Crippen LogP) is 5.64. The number of nitrogens with one attached hydrogen (secondary N) is 1. The molecule has 0 saturated carbocycles. The first-order valence-corrected chi connectivity index (χ1v) is 11.1. The van der Waals surface area contributed by atoms with Gasteiger partial charge in [0.15, 0.2) is 6.10 Å². The third-order valence-corrected chi connectivity index (χ3v) is 5.01. The number of ether oxygens (including phenoxy) is 2. The van der Waals surface area contributed by atoms with Gasteiger partial charge < -0.3 is 9.47 Å². The van der Waals surface area contributed by atoms with E-state index < -0.39 is 18.0 Å². The molecule has 3 aromatic carbocycles. The molecule has 1 amide bonds. The maximum absolute atomic E-state index is 12.3. The second kappa shape index (κ2) is 12.0. The molecule has 0 bridgehead atoms. The van der Waals surface area contributed by atoms with Crippen molar-refractivity contribution in [1.29, 1.82) is 0 Å². The minimum absolute atomic E-state index is 0.296. The van der Waals surface area contributed by atoms with E-state index in [-0.39, 0.29) is 0 Å². The lowest BCUT2D eigenvalue weighted by atomic mass is 10.2. The van der Waals surface area contributed by atoms with E-state index in [0.717, 1.165) is 10.0 Å². The topological polar surface area (TPSA) is 77.0 Å². The predicted molar refractivity (Wildman–Crippen MR) is 133 cm³/mol. The fraction of sp³-hybridized carbons (Fsp3) is 0.0800. The highest BCUT2D eigenvalue weighted by atomic mass is 79.9. The minimum atomic E-state index is -0.786. The van der Waals surface area contributed by atoms with E-state index in [2.05, 4.69) is 26.5 Å². The largest absolute Gasteiger partial charge is 0.481 e. The fourth-order valence-electron chi connectivity index (χ4n) is 2.61. The first-order chi connectivity index (χ1) is 15.9. The van der Waals surface area contributed by atoms with Crippen LogP contribution >= 0.6 is 27.5 Å². The molecule has 168 valence electrons.